The van der Waals surface area contributed by atoms with Gasteiger partial charge in [0.25, 0.3) is 0 Å². The molecule has 2 aromatic rings. The molecule has 3 N–H and O–H groups in total. The molecule has 1 aromatic heterocycles. The Labute approximate surface area is 128 Å². The molecule has 0 aliphatic rings. The number of aliphatic imine (C=N–C) groups is 1. The first kappa shape index (κ1) is 15.2. The molecule has 0 amide bonds. The fourth-order valence-corrected chi connectivity index (χ4v) is 2.53. The van der Waals surface area contributed by atoms with Crippen LogP contribution in [0.25, 0.3) is 0 Å². The first-order valence-corrected chi connectivity index (χ1v) is 7.42. The zero-order chi connectivity index (χ0) is 15.1. The van der Waals surface area contributed by atoms with Gasteiger partial charge >= 0.3 is 0 Å². The third-order valence-electron chi connectivity index (χ3n) is 2.89. The smallest absolute Gasteiger partial charge is 0.193 e. The highest BCUT2D eigenvalue weighted by Crippen LogP contribution is 2.28. The summed E-state index contributed by atoms with van der Waals surface area (Å²) in [5.74, 6) is 1.77. The Morgan fingerprint density at radius 2 is 2.14 bits per heavy atom. The minimum atomic E-state index is 0.359. The summed E-state index contributed by atoms with van der Waals surface area (Å²) in [6.45, 7) is 0.644. The van der Waals surface area contributed by atoms with Crippen molar-refractivity contribution >= 4 is 23.0 Å². The van der Waals surface area contributed by atoms with E-state index in [1.807, 2.05) is 24.3 Å². The van der Waals surface area contributed by atoms with E-state index in [9.17, 15) is 0 Å². The van der Waals surface area contributed by atoms with Crippen LogP contribution in [0.5, 0.6) is 11.5 Å². The van der Waals surface area contributed by atoms with Gasteiger partial charge in [-0.2, -0.15) is 0 Å². The van der Waals surface area contributed by atoms with E-state index in [0.717, 1.165) is 17.9 Å². The summed E-state index contributed by atoms with van der Waals surface area (Å²) < 4.78 is 10.5. The van der Waals surface area contributed by atoms with Crippen LogP contribution in [-0.2, 0) is 6.42 Å². The lowest BCUT2D eigenvalue weighted by atomic mass is 10.2. The van der Waals surface area contributed by atoms with Crippen LogP contribution >= 0.6 is 11.3 Å². The molecule has 1 heterocycles. The van der Waals surface area contributed by atoms with Gasteiger partial charge in [0.1, 0.15) is 11.5 Å². The van der Waals surface area contributed by atoms with E-state index in [1.54, 1.807) is 25.6 Å². The zero-order valence-electron chi connectivity index (χ0n) is 12.1. The van der Waals surface area contributed by atoms with E-state index in [2.05, 4.69) is 21.8 Å². The molecule has 0 saturated heterocycles. The number of hydrogen-bond donors (Lipinski definition) is 2. The molecule has 0 atom stereocenters. The van der Waals surface area contributed by atoms with Gasteiger partial charge in [0.2, 0.25) is 0 Å². The maximum absolute atomic E-state index is 5.91. The standard InChI is InChI=1S/C15H19N3O2S/c1-19-11-5-6-14(20-2)13(10-11)18-15(16)17-8-7-12-4-3-9-21-12/h3-6,9-10H,7-8H2,1-2H3,(H3,16,17,18). The van der Waals surface area contributed by atoms with E-state index in [0.29, 0.717) is 18.3 Å². The van der Waals surface area contributed by atoms with Gasteiger partial charge in [0.15, 0.2) is 5.96 Å². The van der Waals surface area contributed by atoms with E-state index in [-0.39, 0.29) is 0 Å². The Hall–Kier alpha value is -2.21. The quantitative estimate of drug-likeness (QED) is 0.636. The lowest BCUT2D eigenvalue weighted by Gasteiger charge is -2.12. The summed E-state index contributed by atoms with van der Waals surface area (Å²) in [5.41, 5.74) is 6.64. The van der Waals surface area contributed by atoms with E-state index < -0.39 is 0 Å². The van der Waals surface area contributed by atoms with Gasteiger partial charge in [-0.25, -0.2) is 0 Å². The van der Waals surface area contributed by atoms with Gasteiger partial charge < -0.3 is 20.5 Å². The summed E-state index contributed by atoms with van der Waals surface area (Å²) in [4.78, 5) is 5.62. The Morgan fingerprint density at radius 3 is 2.81 bits per heavy atom. The number of ether oxygens (including phenoxy) is 2. The van der Waals surface area contributed by atoms with Crippen molar-refractivity contribution in [3.63, 3.8) is 0 Å². The van der Waals surface area contributed by atoms with E-state index in [4.69, 9.17) is 15.2 Å². The van der Waals surface area contributed by atoms with Gasteiger partial charge in [0, 0.05) is 23.9 Å². The molecule has 21 heavy (non-hydrogen) atoms. The SMILES string of the molecule is COc1ccc(OC)c(NC(N)=NCCc2cccs2)c1. The molecule has 0 aliphatic heterocycles. The summed E-state index contributed by atoms with van der Waals surface area (Å²) in [5, 5.41) is 5.10. The average Bonchev–Trinajstić information content (AvgIpc) is 3.00. The molecule has 0 aliphatic carbocycles. The van der Waals surface area contributed by atoms with E-state index >= 15 is 0 Å². The van der Waals surface area contributed by atoms with Crippen LogP contribution in [0.4, 0.5) is 5.69 Å². The van der Waals surface area contributed by atoms with Gasteiger partial charge in [-0.3, -0.25) is 4.99 Å². The molecule has 0 spiro atoms. The largest absolute Gasteiger partial charge is 0.497 e. The third kappa shape index (κ3) is 4.39. The molecule has 112 valence electrons. The summed E-state index contributed by atoms with van der Waals surface area (Å²) in [6.07, 6.45) is 0.884. The van der Waals surface area contributed by atoms with Crippen LogP contribution in [0, 0.1) is 0 Å². The number of methoxy groups -OCH3 is 2. The predicted molar refractivity (Wildman–Crippen MR) is 87.7 cm³/mol. The molecule has 0 saturated carbocycles. The number of thiophene rings is 1. The summed E-state index contributed by atoms with van der Waals surface area (Å²) >= 11 is 1.72. The molecule has 0 unspecified atom stereocenters. The number of nitrogens with two attached hydrogens (primary N) is 1. The van der Waals surface area contributed by atoms with Crippen LogP contribution in [-0.4, -0.2) is 26.7 Å². The number of anilines is 1. The maximum Gasteiger partial charge on any atom is 0.193 e. The number of nitrogens with one attached hydrogen (secondary N) is 1. The van der Waals surface area contributed by atoms with Crippen molar-refractivity contribution in [3.05, 3.63) is 40.6 Å². The van der Waals surface area contributed by atoms with Crippen molar-refractivity contribution in [2.75, 3.05) is 26.1 Å². The summed E-state index contributed by atoms with van der Waals surface area (Å²) in [7, 11) is 3.22. The van der Waals surface area contributed by atoms with Crippen molar-refractivity contribution in [3.8, 4) is 11.5 Å². The van der Waals surface area contributed by atoms with Crippen molar-refractivity contribution in [1.29, 1.82) is 0 Å². The highest BCUT2D eigenvalue weighted by Gasteiger charge is 2.06. The first-order valence-electron chi connectivity index (χ1n) is 6.54. The molecule has 1 aromatic carbocycles. The number of rotatable bonds is 6. The second-order valence-corrected chi connectivity index (χ2v) is 5.32. The second-order valence-electron chi connectivity index (χ2n) is 4.29. The van der Waals surface area contributed by atoms with Crippen molar-refractivity contribution in [2.24, 2.45) is 10.7 Å². The molecule has 2 rings (SSSR count). The normalized spacial score (nSPS) is 11.2. The van der Waals surface area contributed by atoms with Crippen molar-refractivity contribution in [2.45, 2.75) is 6.42 Å². The van der Waals surface area contributed by atoms with Gasteiger partial charge in [-0.05, 0) is 23.6 Å². The van der Waals surface area contributed by atoms with Crippen LogP contribution in [0.3, 0.4) is 0 Å². The highest BCUT2D eigenvalue weighted by molar-refractivity contribution is 7.09. The molecular weight excluding hydrogens is 286 g/mol. The maximum atomic E-state index is 5.91. The monoisotopic (exact) mass is 305 g/mol. The molecular formula is C15H19N3O2S. The third-order valence-corrected chi connectivity index (χ3v) is 3.83. The van der Waals surface area contributed by atoms with Crippen LogP contribution < -0.4 is 20.5 Å². The lowest BCUT2D eigenvalue weighted by Crippen LogP contribution is -2.23. The lowest BCUT2D eigenvalue weighted by molar-refractivity contribution is 0.405. The van der Waals surface area contributed by atoms with Crippen molar-refractivity contribution < 1.29 is 9.47 Å². The molecule has 5 nitrogen and oxygen atoms in total. The number of hydrogen-bond acceptors (Lipinski definition) is 4. The topological polar surface area (TPSA) is 68.9 Å². The molecule has 6 heteroatoms. The van der Waals surface area contributed by atoms with Gasteiger partial charge in [0.05, 0.1) is 19.9 Å². The van der Waals surface area contributed by atoms with Gasteiger partial charge in [-0.1, -0.05) is 6.07 Å². The first-order chi connectivity index (χ1) is 10.2. The fraction of sp³-hybridized carbons (Fsp3) is 0.267. The molecule has 0 fully saturated rings. The number of guanidine groups is 1. The minimum Gasteiger partial charge on any atom is -0.497 e. The second kappa shape index (κ2) is 7.54. The average molecular weight is 305 g/mol. The van der Waals surface area contributed by atoms with Crippen molar-refractivity contribution in [1.82, 2.24) is 0 Å². The summed E-state index contributed by atoms with van der Waals surface area (Å²) in [6, 6.07) is 9.59. The van der Waals surface area contributed by atoms with Crippen LogP contribution in [0.1, 0.15) is 4.88 Å². The fourth-order valence-electron chi connectivity index (χ4n) is 1.83. The number of benzene rings is 1. The zero-order valence-corrected chi connectivity index (χ0v) is 12.9. The van der Waals surface area contributed by atoms with Crippen LogP contribution in [0.15, 0.2) is 40.7 Å². The van der Waals surface area contributed by atoms with Gasteiger partial charge in [-0.15, -0.1) is 11.3 Å². The Balaban J connectivity index is 1.99. The molecule has 0 bridgehead atoms. The Bertz CT molecular complexity index is 597. The molecule has 0 radical (unpaired) electrons. The van der Waals surface area contributed by atoms with Crippen LogP contribution in [0.2, 0.25) is 0 Å². The van der Waals surface area contributed by atoms with E-state index in [1.165, 1.54) is 4.88 Å². The Kier molecular flexibility index (Phi) is 5.45. The predicted octanol–water partition coefficient (Wildman–Crippen LogP) is 2.73. The Morgan fingerprint density at radius 1 is 1.29 bits per heavy atom. The highest BCUT2D eigenvalue weighted by atomic mass is 32.1. The minimum absolute atomic E-state index is 0.359. The number of nitrogens with zero attached hydrogens (tertiary/aromatic N) is 1.